The monoisotopic (exact) mass is 232 g/mol. The maximum absolute atomic E-state index is 8.99. The van der Waals surface area contributed by atoms with Gasteiger partial charge in [-0.25, -0.2) is 0 Å². The van der Waals surface area contributed by atoms with Crippen LogP contribution in [0.15, 0.2) is 24.3 Å². The van der Waals surface area contributed by atoms with E-state index >= 15 is 0 Å². The average molecular weight is 232 g/mol. The molecule has 17 heavy (non-hydrogen) atoms. The average Bonchev–Trinajstić information content (AvgIpc) is 2.86. The van der Waals surface area contributed by atoms with E-state index in [1.807, 2.05) is 18.2 Å². The first-order valence-corrected chi connectivity index (χ1v) is 5.65. The molecule has 0 bridgehead atoms. The van der Waals surface area contributed by atoms with Crippen molar-refractivity contribution in [1.82, 2.24) is 0 Å². The molecule has 1 unspecified atom stereocenters. The second-order valence-corrected chi connectivity index (χ2v) is 4.20. The fraction of sp³-hybridized carbons (Fsp3) is 0.462. The van der Waals surface area contributed by atoms with Gasteiger partial charge in [0.15, 0.2) is 0 Å². The number of para-hydroxylation sites is 1. The van der Waals surface area contributed by atoms with E-state index in [0.717, 1.165) is 18.7 Å². The molecule has 0 saturated carbocycles. The zero-order valence-corrected chi connectivity index (χ0v) is 9.90. The van der Waals surface area contributed by atoms with Gasteiger partial charge in [0, 0.05) is 26.7 Å². The molecule has 0 amide bonds. The van der Waals surface area contributed by atoms with Gasteiger partial charge in [0.05, 0.1) is 17.9 Å². The van der Waals surface area contributed by atoms with Gasteiger partial charge in [-0.15, -0.1) is 0 Å². The summed E-state index contributed by atoms with van der Waals surface area (Å²) in [5.41, 5.74) is 1.23. The standard InChI is InChI=1S/C13H16N2O2/c1-16-13(6-7-17-10-13)9-15-12-5-3-2-4-11(12)8-14/h2-5,15H,6-7,9-10H2,1H3. The van der Waals surface area contributed by atoms with Gasteiger partial charge in [-0.1, -0.05) is 12.1 Å². The molecule has 0 aliphatic carbocycles. The summed E-state index contributed by atoms with van der Waals surface area (Å²) in [7, 11) is 1.70. The minimum absolute atomic E-state index is 0.261. The smallest absolute Gasteiger partial charge is 0.110 e. The van der Waals surface area contributed by atoms with Gasteiger partial charge in [0.2, 0.25) is 0 Å². The van der Waals surface area contributed by atoms with Crippen molar-refractivity contribution in [1.29, 1.82) is 5.26 Å². The molecule has 0 aromatic heterocycles. The normalized spacial score (nSPS) is 23.3. The van der Waals surface area contributed by atoms with Crippen molar-refractivity contribution >= 4 is 5.69 Å². The Bertz CT molecular complexity index is 420. The number of hydrogen-bond donors (Lipinski definition) is 1. The van der Waals surface area contributed by atoms with Crippen LogP contribution in [0.2, 0.25) is 0 Å². The first-order chi connectivity index (χ1) is 8.29. The van der Waals surface area contributed by atoms with Crippen molar-refractivity contribution in [2.45, 2.75) is 12.0 Å². The zero-order valence-electron chi connectivity index (χ0n) is 9.90. The molecular weight excluding hydrogens is 216 g/mol. The third-order valence-electron chi connectivity index (χ3n) is 3.15. The molecule has 1 fully saturated rings. The minimum atomic E-state index is -0.261. The van der Waals surface area contributed by atoms with E-state index in [4.69, 9.17) is 14.7 Å². The fourth-order valence-corrected chi connectivity index (χ4v) is 1.95. The van der Waals surface area contributed by atoms with Crippen molar-refractivity contribution in [2.24, 2.45) is 0 Å². The summed E-state index contributed by atoms with van der Waals surface area (Å²) in [6.07, 6.45) is 0.880. The summed E-state index contributed by atoms with van der Waals surface area (Å²) >= 11 is 0. The molecule has 4 nitrogen and oxygen atoms in total. The van der Waals surface area contributed by atoms with Crippen LogP contribution in [0.5, 0.6) is 0 Å². The van der Waals surface area contributed by atoms with Gasteiger partial charge < -0.3 is 14.8 Å². The van der Waals surface area contributed by atoms with E-state index in [1.165, 1.54) is 0 Å². The van der Waals surface area contributed by atoms with E-state index < -0.39 is 0 Å². The van der Waals surface area contributed by atoms with E-state index in [9.17, 15) is 0 Å². The lowest BCUT2D eigenvalue weighted by atomic mass is 10.0. The van der Waals surface area contributed by atoms with Gasteiger partial charge >= 0.3 is 0 Å². The van der Waals surface area contributed by atoms with E-state index in [2.05, 4.69) is 11.4 Å². The molecule has 1 aromatic rings. The Labute approximate surface area is 101 Å². The number of anilines is 1. The molecule has 1 heterocycles. The van der Waals surface area contributed by atoms with Crippen LogP contribution in [-0.2, 0) is 9.47 Å². The second-order valence-electron chi connectivity index (χ2n) is 4.20. The maximum Gasteiger partial charge on any atom is 0.110 e. The Morgan fingerprint density at radius 2 is 2.35 bits per heavy atom. The Kier molecular flexibility index (Phi) is 3.62. The molecule has 0 radical (unpaired) electrons. The summed E-state index contributed by atoms with van der Waals surface area (Å²) in [5.74, 6) is 0. The fourth-order valence-electron chi connectivity index (χ4n) is 1.95. The number of nitriles is 1. The van der Waals surface area contributed by atoms with Crippen molar-refractivity contribution < 1.29 is 9.47 Å². The highest BCUT2D eigenvalue weighted by Crippen LogP contribution is 2.24. The van der Waals surface area contributed by atoms with Crippen LogP contribution in [-0.4, -0.2) is 32.5 Å². The van der Waals surface area contributed by atoms with Crippen LogP contribution in [0.4, 0.5) is 5.69 Å². The van der Waals surface area contributed by atoms with Gasteiger partial charge in [-0.05, 0) is 12.1 Å². The van der Waals surface area contributed by atoms with Gasteiger partial charge in [-0.2, -0.15) is 5.26 Å². The van der Waals surface area contributed by atoms with Crippen molar-refractivity contribution in [3.8, 4) is 6.07 Å². The van der Waals surface area contributed by atoms with Gasteiger partial charge in [0.25, 0.3) is 0 Å². The van der Waals surface area contributed by atoms with Crippen LogP contribution in [0.3, 0.4) is 0 Å². The number of rotatable bonds is 4. The third-order valence-corrected chi connectivity index (χ3v) is 3.15. The summed E-state index contributed by atoms with van der Waals surface area (Å²) in [6, 6.07) is 9.63. The summed E-state index contributed by atoms with van der Waals surface area (Å²) in [4.78, 5) is 0. The lowest BCUT2D eigenvalue weighted by Gasteiger charge is -2.26. The largest absolute Gasteiger partial charge is 0.381 e. The highest BCUT2D eigenvalue weighted by molar-refractivity contribution is 5.57. The highest BCUT2D eigenvalue weighted by atomic mass is 16.5. The Balaban J connectivity index is 2.04. The second kappa shape index (κ2) is 5.17. The molecule has 90 valence electrons. The predicted octanol–water partition coefficient (Wildman–Crippen LogP) is 1.78. The molecule has 1 saturated heterocycles. The molecule has 0 spiro atoms. The zero-order chi connectivity index (χ0) is 12.1. The summed E-state index contributed by atoms with van der Waals surface area (Å²) < 4.78 is 10.9. The minimum Gasteiger partial charge on any atom is -0.381 e. The number of methoxy groups -OCH3 is 1. The third kappa shape index (κ3) is 2.57. The number of nitrogens with zero attached hydrogens (tertiary/aromatic N) is 1. The maximum atomic E-state index is 8.99. The molecule has 1 aromatic carbocycles. The number of ether oxygens (including phenoxy) is 2. The highest BCUT2D eigenvalue weighted by Gasteiger charge is 2.34. The SMILES string of the molecule is COC1(CNc2ccccc2C#N)CCOC1. The van der Waals surface area contributed by atoms with Crippen LogP contribution < -0.4 is 5.32 Å². The molecule has 1 N–H and O–H groups in total. The van der Waals surface area contributed by atoms with Gasteiger partial charge in [-0.3, -0.25) is 0 Å². The first-order valence-electron chi connectivity index (χ1n) is 5.65. The Morgan fingerprint density at radius 3 is 3.00 bits per heavy atom. The van der Waals surface area contributed by atoms with E-state index in [1.54, 1.807) is 13.2 Å². The Hall–Kier alpha value is -1.57. The van der Waals surface area contributed by atoms with Crippen molar-refractivity contribution in [2.75, 3.05) is 32.2 Å². The molecule has 4 heteroatoms. The first kappa shape index (κ1) is 11.9. The van der Waals surface area contributed by atoms with E-state index in [0.29, 0.717) is 18.7 Å². The summed E-state index contributed by atoms with van der Waals surface area (Å²) in [5, 5.41) is 12.3. The van der Waals surface area contributed by atoms with E-state index in [-0.39, 0.29) is 5.60 Å². The van der Waals surface area contributed by atoms with Crippen LogP contribution in [0.25, 0.3) is 0 Å². The van der Waals surface area contributed by atoms with Crippen molar-refractivity contribution in [3.05, 3.63) is 29.8 Å². The topological polar surface area (TPSA) is 54.3 Å². The lowest BCUT2D eigenvalue weighted by molar-refractivity contribution is -0.00620. The Morgan fingerprint density at radius 1 is 1.53 bits per heavy atom. The number of hydrogen-bond acceptors (Lipinski definition) is 4. The summed E-state index contributed by atoms with van der Waals surface area (Å²) in [6.45, 7) is 1.99. The molecule has 1 aliphatic heterocycles. The number of nitrogens with one attached hydrogen (secondary N) is 1. The molecule has 1 atom stereocenters. The van der Waals surface area contributed by atoms with Crippen LogP contribution >= 0.6 is 0 Å². The number of benzene rings is 1. The van der Waals surface area contributed by atoms with Crippen molar-refractivity contribution in [3.63, 3.8) is 0 Å². The van der Waals surface area contributed by atoms with Crippen LogP contribution in [0.1, 0.15) is 12.0 Å². The molecule has 2 rings (SSSR count). The molecule has 1 aliphatic rings. The van der Waals surface area contributed by atoms with Gasteiger partial charge in [0.1, 0.15) is 11.7 Å². The quantitative estimate of drug-likeness (QED) is 0.859. The lowest BCUT2D eigenvalue weighted by Crippen LogP contribution is -2.39. The predicted molar refractivity (Wildman–Crippen MR) is 64.8 cm³/mol. The molecular formula is C13H16N2O2. The van der Waals surface area contributed by atoms with Crippen LogP contribution in [0, 0.1) is 11.3 Å².